The van der Waals surface area contributed by atoms with Gasteiger partial charge in [-0.2, -0.15) is 5.26 Å². The molecule has 1 atom stereocenters. The number of amides is 1. The molecule has 0 saturated carbocycles. The first-order valence-electron chi connectivity index (χ1n) is 7.66. The van der Waals surface area contributed by atoms with E-state index in [-0.39, 0.29) is 11.9 Å². The number of nitrogens with zero attached hydrogens (tertiary/aromatic N) is 3. The van der Waals surface area contributed by atoms with E-state index in [4.69, 9.17) is 5.26 Å². The Hall–Kier alpha value is -2.71. The topological polar surface area (TPSA) is 69.0 Å². The number of nitriles is 1. The number of pyridine rings is 1. The van der Waals surface area contributed by atoms with Crippen LogP contribution in [0, 0.1) is 11.3 Å². The third-order valence-corrected chi connectivity index (χ3v) is 4.00. The van der Waals surface area contributed by atoms with Crippen molar-refractivity contribution < 1.29 is 4.79 Å². The summed E-state index contributed by atoms with van der Waals surface area (Å²) in [4.78, 5) is 18.4. The fraction of sp³-hybridized carbons (Fsp3) is 0.278. The van der Waals surface area contributed by atoms with Gasteiger partial charge in [-0.1, -0.05) is 18.2 Å². The quantitative estimate of drug-likeness (QED) is 0.915. The zero-order valence-electron chi connectivity index (χ0n) is 12.8. The minimum absolute atomic E-state index is 0.122. The number of carbonyl (C=O) groups excluding carboxylic acids is 1. The van der Waals surface area contributed by atoms with Crippen molar-refractivity contribution in [2.24, 2.45) is 0 Å². The molecule has 0 unspecified atom stereocenters. The Bertz CT molecular complexity index is 723. The lowest BCUT2D eigenvalue weighted by Crippen LogP contribution is -2.37. The van der Waals surface area contributed by atoms with Crippen LogP contribution in [0.5, 0.6) is 0 Å². The van der Waals surface area contributed by atoms with Gasteiger partial charge in [0.25, 0.3) is 0 Å². The van der Waals surface area contributed by atoms with Crippen LogP contribution in [-0.2, 0) is 17.9 Å². The maximum atomic E-state index is 12.5. The summed E-state index contributed by atoms with van der Waals surface area (Å²) in [5.74, 6) is 0.122. The van der Waals surface area contributed by atoms with Gasteiger partial charge in [-0.3, -0.25) is 9.78 Å². The van der Waals surface area contributed by atoms with Crippen molar-refractivity contribution in [3.05, 3.63) is 65.5 Å². The molecular formula is C18H18N4O. The highest BCUT2D eigenvalue weighted by atomic mass is 16.2. The highest BCUT2D eigenvalue weighted by molar-refractivity contribution is 5.83. The molecule has 0 spiro atoms. The lowest BCUT2D eigenvalue weighted by atomic mass is 10.1. The SMILES string of the molecule is N#Cc1cccc(CN2CC[C@H](NCc3cccnc3)C2=O)c1. The van der Waals surface area contributed by atoms with Gasteiger partial charge in [0.1, 0.15) is 0 Å². The van der Waals surface area contributed by atoms with Crippen LogP contribution in [0.1, 0.15) is 23.1 Å². The number of hydrogen-bond acceptors (Lipinski definition) is 4. The first-order chi connectivity index (χ1) is 11.3. The average Bonchev–Trinajstić information content (AvgIpc) is 2.94. The van der Waals surface area contributed by atoms with Crippen LogP contribution < -0.4 is 5.32 Å². The van der Waals surface area contributed by atoms with Gasteiger partial charge < -0.3 is 10.2 Å². The van der Waals surface area contributed by atoms with E-state index in [1.807, 2.05) is 35.2 Å². The Morgan fingerprint density at radius 2 is 2.17 bits per heavy atom. The molecule has 1 saturated heterocycles. The van der Waals surface area contributed by atoms with E-state index >= 15 is 0 Å². The molecular weight excluding hydrogens is 288 g/mol. The molecule has 0 aliphatic carbocycles. The molecule has 2 heterocycles. The Kier molecular flexibility index (Phi) is 4.65. The summed E-state index contributed by atoms with van der Waals surface area (Å²) in [6.07, 6.45) is 4.34. The van der Waals surface area contributed by atoms with Crippen LogP contribution >= 0.6 is 0 Å². The smallest absolute Gasteiger partial charge is 0.240 e. The van der Waals surface area contributed by atoms with Crippen LogP contribution in [0.2, 0.25) is 0 Å². The highest BCUT2D eigenvalue weighted by Crippen LogP contribution is 2.16. The molecule has 116 valence electrons. The number of rotatable bonds is 5. The molecule has 1 aromatic heterocycles. The molecule has 23 heavy (non-hydrogen) atoms. The van der Waals surface area contributed by atoms with Crippen LogP contribution in [0.4, 0.5) is 0 Å². The number of benzene rings is 1. The predicted molar refractivity (Wildman–Crippen MR) is 86.1 cm³/mol. The molecule has 1 aliphatic heterocycles. The van der Waals surface area contributed by atoms with Crippen molar-refractivity contribution >= 4 is 5.91 Å². The van der Waals surface area contributed by atoms with Gasteiger partial charge in [-0.05, 0) is 35.7 Å². The minimum Gasteiger partial charge on any atom is -0.337 e. The number of aromatic nitrogens is 1. The van der Waals surface area contributed by atoms with Gasteiger partial charge in [0.15, 0.2) is 0 Å². The Balaban J connectivity index is 1.57. The molecule has 0 radical (unpaired) electrons. The maximum Gasteiger partial charge on any atom is 0.240 e. The summed E-state index contributed by atoms with van der Waals surface area (Å²) >= 11 is 0. The summed E-state index contributed by atoms with van der Waals surface area (Å²) in [7, 11) is 0. The number of nitrogens with one attached hydrogen (secondary N) is 1. The number of hydrogen-bond donors (Lipinski definition) is 1. The van der Waals surface area contributed by atoms with Crippen molar-refractivity contribution in [1.29, 1.82) is 5.26 Å². The molecule has 0 bridgehead atoms. The first-order valence-corrected chi connectivity index (χ1v) is 7.66. The lowest BCUT2D eigenvalue weighted by molar-refractivity contribution is -0.129. The predicted octanol–water partition coefficient (Wildman–Crippen LogP) is 1.84. The fourth-order valence-corrected chi connectivity index (χ4v) is 2.79. The van der Waals surface area contributed by atoms with Crippen molar-refractivity contribution in [2.75, 3.05) is 6.54 Å². The lowest BCUT2D eigenvalue weighted by Gasteiger charge is -2.17. The standard InChI is InChI=1S/C18H18N4O/c19-10-14-3-1-4-15(9-14)13-22-8-6-17(18(22)23)21-12-16-5-2-7-20-11-16/h1-5,7,9,11,17,21H,6,8,12-13H2/t17-/m0/s1. The van der Waals surface area contributed by atoms with Crippen LogP contribution in [0.15, 0.2) is 48.8 Å². The second-order valence-electron chi connectivity index (χ2n) is 5.66. The Labute approximate surface area is 135 Å². The van der Waals surface area contributed by atoms with Crippen molar-refractivity contribution in [1.82, 2.24) is 15.2 Å². The van der Waals surface area contributed by atoms with Gasteiger partial charge in [-0.15, -0.1) is 0 Å². The largest absolute Gasteiger partial charge is 0.337 e. The third kappa shape index (κ3) is 3.74. The maximum absolute atomic E-state index is 12.5. The summed E-state index contributed by atoms with van der Waals surface area (Å²) in [6.45, 7) is 1.93. The second-order valence-corrected chi connectivity index (χ2v) is 5.66. The molecule has 3 rings (SSSR count). The van der Waals surface area contributed by atoms with Gasteiger partial charge in [0.2, 0.25) is 5.91 Å². The third-order valence-electron chi connectivity index (χ3n) is 4.00. The van der Waals surface area contributed by atoms with E-state index < -0.39 is 0 Å². The van der Waals surface area contributed by atoms with E-state index in [0.717, 1.165) is 24.1 Å². The first kappa shape index (κ1) is 15.2. The van der Waals surface area contributed by atoms with Crippen molar-refractivity contribution in [3.63, 3.8) is 0 Å². The van der Waals surface area contributed by atoms with Crippen LogP contribution in [0.3, 0.4) is 0 Å². The molecule has 5 nitrogen and oxygen atoms in total. The zero-order valence-corrected chi connectivity index (χ0v) is 12.8. The molecule has 1 aliphatic rings. The van der Waals surface area contributed by atoms with Gasteiger partial charge in [-0.25, -0.2) is 0 Å². The molecule has 1 fully saturated rings. The fourth-order valence-electron chi connectivity index (χ4n) is 2.79. The summed E-state index contributed by atoms with van der Waals surface area (Å²) in [5.41, 5.74) is 2.69. The van der Waals surface area contributed by atoms with Crippen LogP contribution in [-0.4, -0.2) is 28.4 Å². The monoisotopic (exact) mass is 306 g/mol. The average molecular weight is 306 g/mol. The van der Waals surface area contributed by atoms with Crippen molar-refractivity contribution in [3.8, 4) is 6.07 Å². The summed E-state index contributed by atoms with van der Waals surface area (Å²) in [5, 5.41) is 12.3. The number of carbonyl (C=O) groups is 1. The van der Waals surface area contributed by atoms with Gasteiger partial charge in [0.05, 0.1) is 17.7 Å². The molecule has 2 aromatic rings. The van der Waals surface area contributed by atoms with E-state index in [2.05, 4.69) is 16.4 Å². The van der Waals surface area contributed by atoms with E-state index in [1.165, 1.54) is 0 Å². The molecule has 1 amide bonds. The van der Waals surface area contributed by atoms with Gasteiger partial charge >= 0.3 is 0 Å². The van der Waals surface area contributed by atoms with E-state index in [1.54, 1.807) is 18.5 Å². The minimum atomic E-state index is -0.144. The Morgan fingerprint density at radius 1 is 1.30 bits per heavy atom. The molecule has 1 aromatic carbocycles. The second kappa shape index (κ2) is 7.03. The van der Waals surface area contributed by atoms with Crippen molar-refractivity contribution in [2.45, 2.75) is 25.6 Å². The van der Waals surface area contributed by atoms with Crippen LogP contribution in [0.25, 0.3) is 0 Å². The number of likely N-dealkylation sites (tertiary alicyclic amines) is 1. The van der Waals surface area contributed by atoms with E-state index in [0.29, 0.717) is 18.7 Å². The van der Waals surface area contributed by atoms with E-state index in [9.17, 15) is 4.79 Å². The normalized spacial score (nSPS) is 17.3. The summed E-state index contributed by atoms with van der Waals surface area (Å²) < 4.78 is 0. The zero-order chi connectivity index (χ0) is 16.1. The molecule has 5 heteroatoms. The van der Waals surface area contributed by atoms with Gasteiger partial charge in [0, 0.05) is 32.0 Å². The summed E-state index contributed by atoms with van der Waals surface area (Å²) in [6, 6.07) is 13.3. The molecule has 1 N–H and O–H groups in total. The Morgan fingerprint density at radius 3 is 2.96 bits per heavy atom. The highest BCUT2D eigenvalue weighted by Gasteiger charge is 2.30.